The summed E-state index contributed by atoms with van der Waals surface area (Å²) in [5, 5.41) is 68.8. The molecule has 33 heteroatoms. The Hall–Kier alpha value is -2.12. The molecule has 0 fully saturated rings. The number of nitrogens with zero attached hydrogens (tertiary/aromatic N) is 2. The van der Waals surface area contributed by atoms with Gasteiger partial charge < -0.3 is 119 Å². The zero-order chi connectivity index (χ0) is 58.5. The maximum Gasteiger partial charge on any atom is 0.527 e. The molecule has 75 heavy (non-hydrogen) atoms. The van der Waals surface area contributed by atoms with Crippen LogP contribution >= 0.6 is 0 Å². The lowest BCUT2D eigenvalue weighted by Gasteiger charge is -2.25. The van der Waals surface area contributed by atoms with Gasteiger partial charge in [-0.1, -0.05) is 13.3 Å². The Morgan fingerprint density at radius 3 is 1.05 bits per heavy atom. The molecule has 0 bridgehead atoms. The highest BCUT2D eigenvalue weighted by Gasteiger charge is 2.39. The summed E-state index contributed by atoms with van der Waals surface area (Å²) in [7, 11) is 7.93. The van der Waals surface area contributed by atoms with Crippen molar-refractivity contribution in [2.45, 2.75) is 70.2 Å². The molecule has 0 aliphatic heterocycles. The molecule has 454 valence electrons. The van der Waals surface area contributed by atoms with Gasteiger partial charge in [-0.2, -0.15) is 0 Å². The maximum absolute atomic E-state index is 11.8. The molecule has 0 aromatic carbocycles. The molecule has 29 nitrogen and oxygen atoms in total. The molecule has 0 aromatic rings. The third-order valence-electron chi connectivity index (χ3n) is 10.2. The molecule has 1 atom stereocenters. The first-order valence-corrected chi connectivity index (χ1v) is 32.1. The molecule has 0 aliphatic carbocycles. The minimum Gasteiger partial charge on any atom is -0.447 e. The highest BCUT2D eigenvalue weighted by molar-refractivity contribution is 6.61. The van der Waals surface area contributed by atoms with Gasteiger partial charge in [0.05, 0.1) is 39.1 Å². The van der Waals surface area contributed by atoms with Crippen LogP contribution in [0.3, 0.4) is 0 Å². The molecule has 4 amide bonds. The van der Waals surface area contributed by atoms with Crippen molar-refractivity contribution in [1.29, 1.82) is 0 Å². The number of ether oxygens (including phenoxy) is 2. The van der Waals surface area contributed by atoms with Crippen LogP contribution in [0.25, 0.3) is 0 Å². The van der Waals surface area contributed by atoms with Crippen molar-refractivity contribution < 1.29 is 113 Å². The first-order valence-electron chi connectivity index (χ1n) is 24.3. The fourth-order valence-corrected chi connectivity index (χ4v) is 11.8. The Labute approximate surface area is 451 Å². The van der Waals surface area contributed by atoms with E-state index >= 15 is 0 Å². The van der Waals surface area contributed by atoms with Crippen LogP contribution in [0.2, 0.25) is 18.1 Å². The van der Waals surface area contributed by atoms with Gasteiger partial charge in [0.25, 0.3) is 0 Å². The van der Waals surface area contributed by atoms with Crippen LogP contribution in [0.4, 0.5) is 14.4 Å². The number of hydrogen-bond acceptors (Lipinski definition) is 25. The Balaban J connectivity index is -0.000000279. The highest BCUT2D eigenvalue weighted by Crippen LogP contribution is 2.16. The minimum absolute atomic E-state index is 0.00126. The first-order chi connectivity index (χ1) is 35.8. The minimum atomic E-state index is -2.64. The normalized spacial score (nSPS) is 11.8. The van der Waals surface area contributed by atoms with Crippen molar-refractivity contribution in [2.75, 3.05) is 190 Å². The molecule has 1 unspecified atom stereocenters. The van der Waals surface area contributed by atoms with E-state index in [1.807, 2.05) is 0 Å². The largest absolute Gasteiger partial charge is 0.527 e. The van der Waals surface area contributed by atoms with Gasteiger partial charge in [0.2, 0.25) is 0 Å². The van der Waals surface area contributed by atoms with E-state index in [-0.39, 0.29) is 71.6 Å². The average molecular weight is 1170 g/mol. The Morgan fingerprint density at radius 1 is 0.453 bits per heavy atom. The van der Waals surface area contributed by atoms with Gasteiger partial charge in [-0.25, -0.2) is 14.4 Å². The predicted octanol–water partition coefficient (Wildman–Crippen LogP) is -0.945. The Morgan fingerprint density at radius 2 is 0.787 bits per heavy atom. The molecule has 0 rings (SSSR count). The monoisotopic (exact) mass is 1170 g/mol. The van der Waals surface area contributed by atoms with Gasteiger partial charge in [-0.15, -0.1) is 0 Å². The quantitative estimate of drug-likeness (QED) is 0.0261. The molecule has 0 heterocycles. The van der Waals surface area contributed by atoms with E-state index in [2.05, 4.69) is 32.5 Å². The zero-order valence-corrected chi connectivity index (χ0v) is 51.5. The van der Waals surface area contributed by atoms with E-state index in [9.17, 15) is 14.4 Å². The summed E-state index contributed by atoms with van der Waals surface area (Å²) in [4.78, 5) is 37.4. The van der Waals surface area contributed by atoms with Gasteiger partial charge >= 0.3 is 53.4 Å². The van der Waals surface area contributed by atoms with Gasteiger partial charge in [-0.05, 0) is 39.2 Å². The molecule has 0 saturated carbocycles. The highest BCUT2D eigenvalue weighted by atomic mass is 28.4. The van der Waals surface area contributed by atoms with Gasteiger partial charge in [0.15, 0.2) is 0 Å². The second-order valence-electron chi connectivity index (χ2n) is 15.1. The van der Waals surface area contributed by atoms with Gasteiger partial charge in [-0.3, -0.25) is 4.90 Å². The lowest BCUT2D eigenvalue weighted by molar-refractivity contribution is 0.0779. The Bertz CT molecular complexity index is 1220. The SMILES string of the molecule is CCCCN(CCO)CCO.CO[Si](CCCNC(=O)N(CCO)CCO)(OC)OC.CO[Si](CCCNC(=O)OCC(C)O)(OC)OC.CO[Si](CCCNC(=O)OCCO)(OC)OC.CO[Si](CO)(OC)OC. The van der Waals surface area contributed by atoms with Crippen LogP contribution in [0.5, 0.6) is 0 Å². The third kappa shape index (κ3) is 43.4. The fraction of sp³-hybridized carbons (Fsp3) is 0.929. The van der Waals surface area contributed by atoms with Crippen LogP contribution in [0.15, 0.2) is 0 Å². The summed E-state index contributed by atoms with van der Waals surface area (Å²) in [6.45, 7) is 7.62. The zero-order valence-electron chi connectivity index (χ0n) is 47.5. The first kappa shape index (κ1) is 81.7. The standard InChI is InChI=1S/C11H26N2O6Si.C10H23NO6Si.C9H21NO6Si.C8H19NO2.C4H12O4Si/c1-17-20(18-2,19-3)10-4-5-12-11(16)13(6-8-14)7-9-15;1-9(12)8-17-10(13)11-6-5-7-18(14-2,15-3)16-4;1-13-17(14-2,15-3)8-4-5-10-9(12)16-7-6-11;1-2-3-4-9(5-7-10)6-8-11;1-6-9(4-5,7-2)8-3/h14-15H,4-10H2,1-3H3,(H,12,16);9,12H,5-8H2,1-4H3,(H,11,13);11H,4-8H2,1-3H3,(H,10,12);10-11H,2-8H2,1H3;5H,4H2,1-3H3. The number of carbonyl (C=O) groups is 3. The maximum atomic E-state index is 11.8. The lowest BCUT2D eigenvalue weighted by atomic mass is 10.3. The molecule has 0 aromatic heterocycles. The predicted molar refractivity (Wildman–Crippen MR) is 285 cm³/mol. The summed E-state index contributed by atoms with van der Waals surface area (Å²) < 4.78 is 71.1. The van der Waals surface area contributed by atoms with E-state index in [4.69, 9.17) is 93.6 Å². The number of unbranched alkanes of at least 4 members (excludes halogenated alkanes) is 1. The van der Waals surface area contributed by atoms with Crippen molar-refractivity contribution in [1.82, 2.24) is 25.8 Å². The lowest BCUT2D eigenvalue weighted by Crippen LogP contribution is -2.47. The number of urea groups is 1. The van der Waals surface area contributed by atoms with Crippen molar-refractivity contribution >= 4 is 53.4 Å². The summed E-state index contributed by atoms with van der Waals surface area (Å²) in [5.74, 6) is 0. The smallest absolute Gasteiger partial charge is 0.447 e. The van der Waals surface area contributed by atoms with E-state index in [0.717, 1.165) is 19.4 Å². The molecule has 10 N–H and O–H groups in total. The van der Waals surface area contributed by atoms with Crippen LogP contribution in [0.1, 0.15) is 46.0 Å². The van der Waals surface area contributed by atoms with Crippen LogP contribution < -0.4 is 16.0 Å². The van der Waals surface area contributed by atoms with Crippen LogP contribution in [-0.4, -0.2) is 295 Å². The van der Waals surface area contributed by atoms with E-state index in [1.54, 1.807) is 70.9 Å². The Kier molecular flexibility index (Phi) is 60.1. The van der Waals surface area contributed by atoms with Crippen LogP contribution in [0, 0.1) is 0 Å². The third-order valence-corrected chi connectivity index (χ3v) is 20.9. The van der Waals surface area contributed by atoms with E-state index in [0.29, 0.717) is 70.1 Å². The average Bonchev–Trinajstić information content (AvgIpc) is 3.43. The van der Waals surface area contributed by atoms with Crippen molar-refractivity contribution in [2.24, 2.45) is 0 Å². The molecule has 0 aliphatic rings. The number of nitrogens with one attached hydrogen (secondary N) is 3. The van der Waals surface area contributed by atoms with Crippen molar-refractivity contribution in [3.8, 4) is 0 Å². The topological polar surface area (TPSA) is 365 Å². The number of aliphatic hydroxyl groups is 7. The number of rotatable bonds is 40. The molecule has 0 spiro atoms. The number of carbonyl (C=O) groups excluding carboxylic acids is 3. The van der Waals surface area contributed by atoms with Crippen LogP contribution in [-0.2, 0) is 62.6 Å². The van der Waals surface area contributed by atoms with Crippen molar-refractivity contribution in [3.05, 3.63) is 0 Å². The van der Waals surface area contributed by atoms with E-state index < -0.39 is 53.5 Å². The van der Waals surface area contributed by atoms with E-state index in [1.165, 1.54) is 26.2 Å². The second-order valence-corrected chi connectivity index (χ2v) is 27.3. The van der Waals surface area contributed by atoms with Gasteiger partial charge in [0, 0.05) is 149 Å². The summed E-state index contributed by atoms with van der Waals surface area (Å²) >= 11 is 0. The number of amides is 4. The van der Waals surface area contributed by atoms with Crippen molar-refractivity contribution in [3.63, 3.8) is 0 Å². The fourth-order valence-electron chi connectivity index (χ4n) is 5.71. The molecule has 0 radical (unpaired) electrons. The molecule has 0 saturated heterocycles. The molecular weight excluding hydrogens is 1070 g/mol. The summed E-state index contributed by atoms with van der Waals surface area (Å²) in [6.07, 6.45) is 2.34. The number of alkyl carbamates (subject to hydrolysis) is 2. The molecular formula is C42H101N5O24Si4. The number of aliphatic hydroxyl groups excluding tert-OH is 7. The number of hydrogen-bond donors (Lipinski definition) is 10. The summed E-state index contributed by atoms with van der Waals surface area (Å²) in [5.41, 5.74) is 0. The van der Waals surface area contributed by atoms with Gasteiger partial charge in [0.1, 0.15) is 19.4 Å². The second kappa shape index (κ2) is 55.2. The summed E-state index contributed by atoms with van der Waals surface area (Å²) in [6, 6.07) is 1.49.